The van der Waals surface area contributed by atoms with Gasteiger partial charge in [-0.05, 0) is 49.6 Å². The smallest absolute Gasteiger partial charge is 0.270 e. The summed E-state index contributed by atoms with van der Waals surface area (Å²) in [5.41, 5.74) is 3.17. The average Bonchev–Trinajstić information content (AvgIpc) is 2.59. The lowest BCUT2D eigenvalue weighted by molar-refractivity contribution is 0.0922. The normalized spacial score (nSPS) is 15.1. The molecule has 24 heavy (non-hydrogen) atoms. The number of pyridine rings is 1. The number of anilines is 2. The molecule has 2 N–H and O–H groups in total. The van der Waals surface area contributed by atoms with E-state index >= 15 is 0 Å². The van der Waals surface area contributed by atoms with E-state index in [2.05, 4.69) is 15.6 Å². The van der Waals surface area contributed by atoms with Gasteiger partial charge >= 0.3 is 0 Å². The van der Waals surface area contributed by atoms with Crippen LogP contribution in [0.5, 0.6) is 0 Å². The van der Waals surface area contributed by atoms with E-state index in [0.29, 0.717) is 10.7 Å². The molecule has 5 heteroatoms. The number of amides is 1. The number of hydrogen-bond donors (Lipinski definition) is 2. The molecule has 1 aromatic heterocycles. The molecule has 0 spiro atoms. The van der Waals surface area contributed by atoms with Crippen LogP contribution >= 0.6 is 11.6 Å². The van der Waals surface area contributed by atoms with Crippen LogP contribution in [0.25, 0.3) is 0 Å². The number of nitrogens with zero attached hydrogens (tertiary/aromatic N) is 1. The Kier molecular flexibility index (Phi) is 5.36. The van der Waals surface area contributed by atoms with Crippen LogP contribution in [-0.2, 0) is 0 Å². The first-order valence-electron chi connectivity index (χ1n) is 8.42. The number of benzene rings is 1. The van der Waals surface area contributed by atoms with E-state index in [-0.39, 0.29) is 11.9 Å². The van der Waals surface area contributed by atoms with Crippen LogP contribution in [0, 0.1) is 6.92 Å². The molecule has 1 aliphatic carbocycles. The highest BCUT2D eigenvalue weighted by Crippen LogP contribution is 2.23. The van der Waals surface area contributed by atoms with Crippen molar-refractivity contribution >= 4 is 28.9 Å². The number of hydrogen-bond acceptors (Lipinski definition) is 3. The Balaban J connectivity index is 1.68. The quantitative estimate of drug-likeness (QED) is 0.834. The monoisotopic (exact) mass is 343 g/mol. The fourth-order valence-corrected chi connectivity index (χ4v) is 3.16. The number of rotatable bonds is 4. The Bertz CT molecular complexity index is 726. The highest BCUT2D eigenvalue weighted by atomic mass is 35.5. The van der Waals surface area contributed by atoms with Crippen molar-refractivity contribution < 1.29 is 4.79 Å². The lowest BCUT2D eigenvalue weighted by Crippen LogP contribution is -2.36. The minimum absolute atomic E-state index is 0.104. The summed E-state index contributed by atoms with van der Waals surface area (Å²) in [4.78, 5) is 16.6. The van der Waals surface area contributed by atoms with E-state index < -0.39 is 0 Å². The largest absolute Gasteiger partial charge is 0.355 e. The number of carbonyl (C=O) groups is 1. The maximum Gasteiger partial charge on any atom is 0.270 e. The van der Waals surface area contributed by atoms with Gasteiger partial charge in [0, 0.05) is 28.6 Å². The maximum absolute atomic E-state index is 12.4. The second-order valence-corrected chi connectivity index (χ2v) is 6.73. The summed E-state index contributed by atoms with van der Waals surface area (Å²) in [7, 11) is 0. The van der Waals surface area contributed by atoms with Gasteiger partial charge in [0.25, 0.3) is 5.91 Å². The van der Waals surface area contributed by atoms with Crippen molar-refractivity contribution in [1.82, 2.24) is 10.3 Å². The van der Waals surface area contributed by atoms with E-state index in [9.17, 15) is 4.79 Å². The van der Waals surface area contributed by atoms with Crippen molar-refractivity contribution in [2.24, 2.45) is 0 Å². The second-order valence-electron chi connectivity index (χ2n) is 6.33. The van der Waals surface area contributed by atoms with Crippen LogP contribution in [-0.4, -0.2) is 16.9 Å². The van der Waals surface area contributed by atoms with Crippen molar-refractivity contribution in [1.29, 1.82) is 0 Å². The van der Waals surface area contributed by atoms with Gasteiger partial charge in [-0.3, -0.25) is 9.78 Å². The molecule has 2 aromatic rings. The van der Waals surface area contributed by atoms with Gasteiger partial charge in [0.05, 0.1) is 0 Å². The first-order chi connectivity index (χ1) is 11.6. The lowest BCUT2D eigenvalue weighted by atomic mass is 9.95. The zero-order valence-electron chi connectivity index (χ0n) is 13.8. The summed E-state index contributed by atoms with van der Waals surface area (Å²) < 4.78 is 0. The molecule has 0 atom stereocenters. The molecule has 0 aliphatic heterocycles. The Morgan fingerprint density at radius 1 is 1.12 bits per heavy atom. The third-order valence-electron chi connectivity index (χ3n) is 4.39. The van der Waals surface area contributed by atoms with Crippen molar-refractivity contribution in [3.8, 4) is 0 Å². The fourth-order valence-electron chi connectivity index (χ4n) is 2.98. The van der Waals surface area contributed by atoms with E-state index in [0.717, 1.165) is 29.8 Å². The van der Waals surface area contributed by atoms with E-state index in [1.165, 1.54) is 19.3 Å². The highest BCUT2D eigenvalue weighted by molar-refractivity contribution is 6.31. The minimum Gasteiger partial charge on any atom is -0.355 e. The molecule has 126 valence electrons. The molecular weight excluding hydrogens is 322 g/mol. The number of nitrogens with one attached hydrogen (secondary N) is 2. The molecule has 3 rings (SSSR count). The van der Waals surface area contributed by atoms with Crippen molar-refractivity contribution in [3.63, 3.8) is 0 Å². The van der Waals surface area contributed by atoms with Crippen LogP contribution in [0.1, 0.15) is 48.2 Å². The Labute approximate surface area is 147 Å². The number of aromatic nitrogens is 1. The summed E-state index contributed by atoms with van der Waals surface area (Å²) in [6.45, 7) is 1.96. The third kappa shape index (κ3) is 4.26. The van der Waals surface area contributed by atoms with Gasteiger partial charge in [-0.2, -0.15) is 0 Å². The van der Waals surface area contributed by atoms with Crippen molar-refractivity contribution in [2.45, 2.75) is 45.1 Å². The predicted octanol–water partition coefficient (Wildman–Crippen LogP) is 4.85. The van der Waals surface area contributed by atoms with Crippen LogP contribution in [0.4, 0.5) is 11.4 Å². The van der Waals surface area contributed by atoms with E-state index in [1.807, 2.05) is 31.2 Å². The van der Waals surface area contributed by atoms with Gasteiger partial charge in [-0.25, -0.2) is 0 Å². The molecular formula is C19H22ClN3O. The summed E-state index contributed by atoms with van der Waals surface area (Å²) in [6.07, 6.45) is 7.41. The zero-order valence-corrected chi connectivity index (χ0v) is 14.6. The lowest BCUT2D eigenvalue weighted by Gasteiger charge is -2.22. The Morgan fingerprint density at radius 2 is 1.88 bits per heavy atom. The topological polar surface area (TPSA) is 54.0 Å². The average molecular weight is 344 g/mol. The van der Waals surface area contributed by atoms with Crippen LogP contribution in [0.15, 0.2) is 36.5 Å². The fraction of sp³-hybridized carbons (Fsp3) is 0.368. The summed E-state index contributed by atoms with van der Waals surface area (Å²) in [5.74, 6) is -0.104. The molecule has 0 unspecified atom stereocenters. The molecule has 1 heterocycles. The highest BCUT2D eigenvalue weighted by Gasteiger charge is 2.17. The Morgan fingerprint density at radius 3 is 2.62 bits per heavy atom. The predicted molar refractivity (Wildman–Crippen MR) is 98.0 cm³/mol. The standard InChI is InChI=1S/C19H22ClN3O/c1-13-7-8-15(11-17(13)20)22-16-9-10-21-18(12-16)19(24)23-14-5-3-2-4-6-14/h7-12,14H,2-6H2,1H3,(H,21,22)(H,23,24). The minimum atomic E-state index is -0.104. The van der Waals surface area contributed by atoms with Crippen LogP contribution < -0.4 is 10.6 Å². The number of halogens is 1. The van der Waals surface area contributed by atoms with E-state index in [1.54, 1.807) is 12.3 Å². The first kappa shape index (κ1) is 16.8. The summed E-state index contributed by atoms with van der Waals surface area (Å²) in [6, 6.07) is 9.68. The third-order valence-corrected chi connectivity index (χ3v) is 4.80. The molecule has 0 saturated heterocycles. The zero-order chi connectivity index (χ0) is 16.9. The molecule has 1 fully saturated rings. The van der Waals surface area contributed by atoms with Gasteiger partial charge < -0.3 is 10.6 Å². The van der Waals surface area contributed by atoms with E-state index in [4.69, 9.17) is 11.6 Å². The molecule has 4 nitrogen and oxygen atoms in total. The number of carbonyl (C=O) groups excluding carboxylic acids is 1. The van der Waals surface area contributed by atoms with Gasteiger partial charge in [-0.1, -0.05) is 36.9 Å². The number of aryl methyl sites for hydroxylation is 1. The van der Waals surface area contributed by atoms with Gasteiger partial charge in [-0.15, -0.1) is 0 Å². The molecule has 1 aliphatic rings. The second kappa shape index (κ2) is 7.67. The van der Waals surface area contributed by atoms with Gasteiger partial charge in [0.2, 0.25) is 0 Å². The van der Waals surface area contributed by atoms with Crippen molar-refractivity contribution in [2.75, 3.05) is 5.32 Å². The molecule has 0 bridgehead atoms. The van der Waals surface area contributed by atoms with Gasteiger partial charge in [0.15, 0.2) is 0 Å². The molecule has 1 amide bonds. The van der Waals surface area contributed by atoms with Crippen LogP contribution in [0.2, 0.25) is 5.02 Å². The molecule has 1 saturated carbocycles. The first-order valence-corrected chi connectivity index (χ1v) is 8.80. The maximum atomic E-state index is 12.4. The van der Waals surface area contributed by atoms with Crippen LogP contribution in [0.3, 0.4) is 0 Å². The van der Waals surface area contributed by atoms with Crippen molar-refractivity contribution in [3.05, 3.63) is 52.8 Å². The molecule has 1 aromatic carbocycles. The Hall–Kier alpha value is -2.07. The summed E-state index contributed by atoms with van der Waals surface area (Å²) in [5, 5.41) is 7.07. The molecule has 0 radical (unpaired) electrons. The SMILES string of the molecule is Cc1ccc(Nc2ccnc(C(=O)NC3CCCCC3)c2)cc1Cl. The summed E-state index contributed by atoms with van der Waals surface area (Å²) >= 11 is 6.15. The van der Waals surface area contributed by atoms with Gasteiger partial charge in [0.1, 0.15) is 5.69 Å².